The van der Waals surface area contributed by atoms with Crippen LogP contribution in [0.2, 0.25) is 0 Å². The Morgan fingerprint density at radius 2 is 2.00 bits per heavy atom. The van der Waals surface area contributed by atoms with Crippen molar-refractivity contribution >= 4 is 0 Å². The van der Waals surface area contributed by atoms with E-state index < -0.39 is 0 Å². The molecule has 2 unspecified atom stereocenters. The minimum atomic E-state index is 0.505. The highest BCUT2D eigenvalue weighted by atomic mass is 16.5. The minimum absolute atomic E-state index is 0.505. The van der Waals surface area contributed by atoms with Crippen molar-refractivity contribution < 1.29 is 4.74 Å². The standard InChI is InChI=1S/C11H16O/c1-2-4-8(3-1)11-6-10-5-9(11)7-12-10/h6,8-10H,1-5,7H2. The van der Waals surface area contributed by atoms with Gasteiger partial charge in [0.25, 0.3) is 0 Å². The van der Waals surface area contributed by atoms with E-state index in [2.05, 4.69) is 6.08 Å². The zero-order valence-corrected chi connectivity index (χ0v) is 7.46. The van der Waals surface area contributed by atoms with Crippen molar-refractivity contribution in [3.63, 3.8) is 0 Å². The molecule has 1 heteroatoms. The second-order valence-corrected chi connectivity index (χ2v) is 4.45. The van der Waals surface area contributed by atoms with Crippen LogP contribution in [0.25, 0.3) is 0 Å². The van der Waals surface area contributed by atoms with E-state index in [-0.39, 0.29) is 0 Å². The highest BCUT2D eigenvalue weighted by Gasteiger charge is 2.37. The Kier molecular flexibility index (Phi) is 1.54. The molecule has 0 aromatic heterocycles. The first-order valence-electron chi connectivity index (χ1n) is 5.26. The second-order valence-electron chi connectivity index (χ2n) is 4.45. The van der Waals surface area contributed by atoms with Crippen molar-refractivity contribution in [1.29, 1.82) is 0 Å². The van der Waals surface area contributed by atoms with Crippen LogP contribution in [0.15, 0.2) is 11.6 Å². The average Bonchev–Trinajstić information content (AvgIpc) is 2.81. The maximum Gasteiger partial charge on any atom is 0.0765 e. The molecule has 2 fully saturated rings. The van der Waals surface area contributed by atoms with Gasteiger partial charge in [0, 0.05) is 5.92 Å². The first-order valence-corrected chi connectivity index (χ1v) is 5.26. The van der Waals surface area contributed by atoms with Gasteiger partial charge >= 0.3 is 0 Å². The van der Waals surface area contributed by atoms with E-state index in [9.17, 15) is 0 Å². The molecule has 66 valence electrons. The summed E-state index contributed by atoms with van der Waals surface area (Å²) in [7, 11) is 0. The van der Waals surface area contributed by atoms with Crippen LogP contribution in [0.4, 0.5) is 0 Å². The van der Waals surface area contributed by atoms with E-state index >= 15 is 0 Å². The zero-order valence-electron chi connectivity index (χ0n) is 7.46. The number of ether oxygens (including phenoxy) is 1. The summed E-state index contributed by atoms with van der Waals surface area (Å²) in [4.78, 5) is 0. The maximum atomic E-state index is 5.57. The third kappa shape index (κ3) is 0.957. The summed E-state index contributed by atoms with van der Waals surface area (Å²) in [5, 5.41) is 0. The van der Waals surface area contributed by atoms with Gasteiger partial charge in [0.05, 0.1) is 12.7 Å². The van der Waals surface area contributed by atoms with Crippen LogP contribution in [0.3, 0.4) is 0 Å². The molecular weight excluding hydrogens is 148 g/mol. The van der Waals surface area contributed by atoms with Gasteiger partial charge in [-0.15, -0.1) is 0 Å². The Labute approximate surface area is 73.8 Å². The maximum absolute atomic E-state index is 5.57. The number of hydrogen-bond acceptors (Lipinski definition) is 1. The minimum Gasteiger partial charge on any atom is -0.373 e. The molecule has 0 radical (unpaired) electrons. The molecule has 0 N–H and O–H groups in total. The molecule has 2 aliphatic carbocycles. The van der Waals surface area contributed by atoms with Crippen LogP contribution < -0.4 is 0 Å². The summed E-state index contributed by atoms with van der Waals surface area (Å²) in [6.07, 6.45) is 10.0. The Bertz CT molecular complexity index is 213. The van der Waals surface area contributed by atoms with Crippen molar-refractivity contribution in [2.24, 2.45) is 11.8 Å². The van der Waals surface area contributed by atoms with Gasteiger partial charge in [0.15, 0.2) is 0 Å². The van der Waals surface area contributed by atoms with Crippen molar-refractivity contribution in [3.05, 3.63) is 11.6 Å². The van der Waals surface area contributed by atoms with Crippen LogP contribution in [0.1, 0.15) is 32.1 Å². The van der Waals surface area contributed by atoms with E-state index in [4.69, 9.17) is 4.74 Å². The zero-order chi connectivity index (χ0) is 7.97. The Morgan fingerprint density at radius 1 is 1.17 bits per heavy atom. The number of rotatable bonds is 1. The smallest absolute Gasteiger partial charge is 0.0765 e. The van der Waals surface area contributed by atoms with Gasteiger partial charge in [-0.05, 0) is 25.2 Å². The molecule has 1 nitrogen and oxygen atoms in total. The van der Waals surface area contributed by atoms with Crippen molar-refractivity contribution in [2.75, 3.05) is 6.61 Å². The average molecular weight is 164 g/mol. The monoisotopic (exact) mass is 164 g/mol. The number of fused-ring (bicyclic) bond motifs is 2. The molecule has 3 rings (SSSR count). The van der Waals surface area contributed by atoms with Crippen LogP contribution in [-0.2, 0) is 4.74 Å². The molecule has 12 heavy (non-hydrogen) atoms. The van der Waals surface area contributed by atoms with Gasteiger partial charge in [-0.1, -0.05) is 24.5 Å². The molecule has 0 amide bonds. The molecule has 1 heterocycles. The van der Waals surface area contributed by atoms with E-state index in [0.29, 0.717) is 6.10 Å². The largest absolute Gasteiger partial charge is 0.373 e. The summed E-state index contributed by atoms with van der Waals surface area (Å²) >= 11 is 0. The molecule has 1 saturated carbocycles. The molecule has 1 saturated heterocycles. The molecule has 2 bridgehead atoms. The topological polar surface area (TPSA) is 9.23 Å². The lowest BCUT2D eigenvalue weighted by molar-refractivity contribution is 0.130. The predicted octanol–water partition coefficient (Wildman–Crippen LogP) is 2.52. The lowest BCUT2D eigenvalue weighted by Crippen LogP contribution is -2.12. The Morgan fingerprint density at radius 3 is 2.58 bits per heavy atom. The lowest BCUT2D eigenvalue weighted by Gasteiger charge is -2.19. The summed E-state index contributed by atoms with van der Waals surface area (Å²) in [5.41, 5.74) is 1.77. The first-order chi connectivity index (χ1) is 5.93. The molecule has 1 aliphatic heterocycles. The van der Waals surface area contributed by atoms with E-state index in [1.54, 1.807) is 5.57 Å². The summed E-state index contributed by atoms with van der Waals surface area (Å²) in [6.45, 7) is 1.02. The van der Waals surface area contributed by atoms with Gasteiger partial charge in [0.2, 0.25) is 0 Å². The molecule has 2 atom stereocenters. The molecule has 3 aliphatic rings. The molecule has 0 aromatic carbocycles. The van der Waals surface area contributed by atoms with Gasteiger partial charge in [0.1, 0.15) is 0 Å². The van der Waals surface area contributed by atoms with Crippen LogP contribution in [-0.4, -0.2) is 12.7 Å². The fourth-order valence-corrected chi connectivity index (χ4v) is 3.08. The summed E-state index contributed by atoms with van der Waals surface area (Å²) in [5.74, 6) is 1.77. The SMILES string of the molecule is C1=C(C2CCCC2)C2COC1C2. The third-order valence-electron chi connectivity index (χ3n) is 3.70. The Balaban J connectivity index is 1.80. The quantitative estimate of drug-likeness (QED) is 0.541. The number of hydrogen-bond donors (Lipinski definition) is 0. The van der Waals surface area contributed by atoms with E-state index in [1.807, 2.05) is 0 Å². The first kappa shape index (κ1) is 7.14. The fourth-order valence-electron chi connectivity index (χ4n) is 3.08. The molecule has 0 aromatic rings. The molecule has 0 spiro atoms. The second kappa shape index (κ2) is 2.59. The highest BCUT2D eigenvalue weighted by molar-refractivity contribution is 5.23. The molecular formula is C11H16O. The van der Waals surface area contributed by atoms with E-state index in [0.717, 1.165) is 18.4 Å². The van der Waals surface area contributed by atoms with Crippen molar-refractivity contribution in [1.82, 2.24) is 0 Å². The van der Waals surface area contributed by atoms with Gasteiger partial charge in [-0.25, -0.2) is 0 Å². The third-order valence-corrected chi connectivity index (χ3v) is 3.70. The van der Waals surface area contributed by atoms with Crippen LogP contribution in [0.5, 0.6) is 0 Å². The van der Waals surface area contributed by atoms with E-state index in [1.165, 1.54) is 32.1 Å². The van der Waals surface area contributed by atoms with Gasteiger partial charge in [-0.3, -0.25) is 0 Å². The van der Waals surface area contributed by atoms with Gasteiger partial charge in [-0.2, -0.15) is 0 Å². The summed E-state index contributed by atoms with van der Waals surface area (Å²) < 4.78 is 5.57. The highest BCUT2D eigenvalue weighted by Crippen LogP contribution is 2.43. The van der Waals surface area contributed by atoms with Crippen LogP contribution >= 0.6 is 0 Å². The fraction of sp³-hybridized carbons (Fsp3) is 0.818. The normalized spacial score (nSPS) is 40.8. The predicted molar refractivity (Wildman–Crippen MR) is 47.9 cm³/mol. The van der Waals surface area contributed by atoms with Crippen LogP contribution in [0, 0.1) is 11.8 Å². The Hall–Kier alpha value is -0.300. The van der Waals surface area contributed by atoms with Crippen molar-refractivity contribution in [2.45, 2.75) is 38.2 Å². The van der Waals surface area contributed by atoms with Crippen molar-refractivity contribution in [3.8, 4) is 0 Å². The lowest BCUT2D eigenvalue weighted by atomic mass is 9.90. The summed E-state index contributed by atoms with van der Waals surface area (Å²) in [6, 6.07) is 0. The van der Waals surface area contributed by atoms with Gasteiger partial charge < -0.3 is 4.74 Å².